The van der Waals surface area contributed by atoms with Gasteiger partial charge in [0.25, 0.3) is 5.91 Å². The van der Waals surface area contributed by atoms with Gasteiger partial charge < -0.3 is 14.6 Å². The molecule has 6 nitrogen and oxygen atoms in total. The quantitative estimate of drug-likeness (QED) is 0.819. The van der Waals surface area contributed by atoms with E-state index >= 15 is 0 Å². The second-order valence-electron chi connectivity index (χ2n) is 7.75. The van der Waals surface area contributed by atoms with Gasteiger partial charge in [-0.1, -0.05) is 38.8 Å². The number of ether oxygens (including phenoxy) is 1. The number of aromatic nitrogens is 2. The molecule has 1 aromatic heterocycles. The molecule has 1 heterocycles. The molecular formula is C21H29N3O3. The number of esters is 1. The molecule has 1 saturated carbocycles. The number of aryl methyl sites for hydroxylation is 1. The summed E-state index contributed by atoms with van der Waals surface area (Å²) in [5.41, 5.74) is 1.73. The van der Waals surface area contributed by atoms with Crippen LogP contribution in [0.15, 0.2) is 24.3 Å². The normalized spacial score (nSPS) is 23.8. The number of hydrogen-bond donors (Lipinski definition) is 1. The smallest absolute Gasteiger partial charge is 0.326 e. The average molecular weight is 371 g/mol. The third kappa shape index (κ3) is 4.31. The van der Waals surface area contributed by atoms with Gasteiger partial charge in [-0.15, -0.1) is 0 Å². The number of carbonyl (C=O) groups excluding carboxylic acids is 2. The minimum Gasteiger partial charge on any atom is -0.451 e. The molecule has 1 aromatic carbocycles. The standard InChI is InChI=1S/C21H29N3O3/c1-13-8-7-10-17(14(13)2)23-21(26)15(3)27-20(25)12-24-16(4)22-18-9-5-6-11-19(18)24/h5-6,9,11,13-15,17H,7-8,10,12H2,1-4H3,(H,23,26). The molecule has 4 unspecified atom stereocenters. The van der Waals surface area contributed by atoms with E-state index in [1.165, 1.54) is 6.42 Å². The Kier molecular flexibility index (Phi) is 5.82. The molecule has 1 aliphatic rings. The Morgan fingerprint density at radius 2 is 2.04 bits per heavy atom. The molecular weight excluding hydrogens is 342 g/mol. The number of fused-ring (bicyclic) bond motifs is 1. The lowest BCUT2D eigenvalue weighted by Gasteiger charge is -2.35. The number of imidazole rings is 1. The summed E-state index contributed by atoms with van der Waals surface area (Å²) in [6.45, 7) is 7.93. The van der Waals surface area contributed by atoms with Crippen LogP contribution in [0, 0.1) is 18.8 Å². The van der Waals surface area contributed by atoms with Crippen LogP contribution in [-0.4, -0.2) is 33.6 Å². The third-order valence-electron chi connectivity index (χ3n) is 5.84. The molecule has 0 saturated heterocycles. The summed E-state index contributed by atoms with van der Waals surface area (Å²) in [5, 5.41) is 3.07. The van der Waals surface area contributed by atoms with Crippen molar-refractivity contribution in [2.75, 3.05) is 0 Å². The summed E-state index contributed by atoms with van der Waals surface area (Å²) in [6, 6.07) is 7.81. The Balaban J connectivity index is 1.58. The SMILES string of the molecule is Cc1nc2ccccc2n1CC(=O)OC(C)C(=O)NC1CCCC(C)C1C. The Labute approximate surface area is 160 Å². The zero-order valence-electron chi connectivity index (χ0n) is 16.6. The molecule has 0 radical (unpaired) electrons. The van der Waals surface area contributed by atoms with Gasteiger partial charge in [0.1, 0.15) is 12.4 Å². The highest BCUT2D eigenvalue weighted by Crippen LogP contribution is 2.29. The third-order valence-corrected chi connectivity index (χ3v) is 5.84. The molecule has 2 aromatic rings. The topological polar surface area (TPSA) is 73.2 Å². The highest BCUT2D eigenvalue weighted by atomic mass is 16.5. The first-order valence-corrected chi connectivity index (χ1v) is 9.78. The molecule has 4 atom stereocenters. The van der Waals surface area contributed by atoms with Crippen LogP contribution in [0.2, 0.25) is 0 Å². The summed E-state index contributed by atoms with van der Waals surface area (Å²) < 4.78 is 7.21. The van der Waals surface area contributed by atoms with Crippen molar-refractivity contribution in [3.8, 4) is 0 Å². The van der Waals surface area contributed by atoms with Gasteiger partial charge in [0.05, 0.1) is 11.0 Å². The fraction of sp³-hybridized carbons (Fsp3) is 0.571. The number of nitrogens with one attached hydrogen (secondary N) is 1. The number of hydrogen-bond acceptors (Lipinski definition) is 4. The van der Waals surface area contributed by atoms with E-state index in [1.54, 1.807) is 6.92 Å². The van der Waals surface area contributed by atoms with E-state index in [-0.39, 0.29) is 18.5 Å². The van der Waals surface area contributed by atoms with Crippen molar-refractivity contribution in [3.63, 3.8) is 0 Å². The molecule has 0 spiro atoms. The van der Waals surface area contributed by atoms with Gasteiger partial charge in [-0.3, -0.25) is 9.59 Å². The summed E-state index contributed by atoms with van der Waals surface area (Å²) in [5.74, 6) is 1.12. The van der Waals surface area contributed by atoms with Crippen molar-refractivity contribution in [2.45, 2.75) is 65.6 Å². The maximum Gasteiger partial charge on any atom is 0.326 e. The predicted octanol–water partition coefficient (Wildman–Crippen LogP) is 3.22. The van der Waals surface area contributed by atoms with Crippen LogP contribution in [0.25, 0.3) is 11.0 Å². The molecule has 3 rings (SSSR count). The Morgan fingerprint density at radius 1 is 1.30 bits per heavy atom. The number of nitrogens with zero attached hydrogens (tertiary/aromatic N) is 2. The van der Waals surface area contributed by atoms with Gasteiger partial charge in [-0.25, -0.2) is 4.98 Å². The van der Waals surface area contributed by atoms with Crippen molar-refractivity contribution < 1.29 is 14.3 Å². The van der Waals surface area contributed by atoms with Crippen molar-refractivity contribution in [1.82, 2.24) is 14.9 Å². The van der Waals surface area contributed by atoms with Gasteiger partial charge in [0, 0.05) is 6.04 Å². The second-order valence-corrected chi connectivity index (χ2v) is 7.75. The summed E-state index contributed by atoms with van der Waals surface area (Å²) >= 11 is 0. The maximum absolute atomic E-state index is 12.5. The van der Waals surface area contributed by atoms with Crippen LogP contribution in [0.1, 0.15) is 45.9 Å². The van der Waals surface area contributed by atoms with Crippen LogP contribution < -0.4 is 5.32 Å². The molecule has 27 heavy (non-hydrogen) atoms. The fourth-order valence-corrected chi connectivity index (χ4v) is 3.90. The van der Waals surface area contributed by atoms with E-state index < -0.39 is 12.1 Å². The fourth-order valence-electron chi connectivity index (χ4n) is 3.90. The molecule has 1 amide bonds. The number of amides is 1. The Hall–Kier alpha value is -2.37. The van der Waals surface area contributed by atoms with Gasteiger partial charge in [0.2, 0.25) is 0 Å². The first-order valence-electron chi connectivity index (χ1n) is 9.78. The summed E-state index contributed by atoms with van der Waals surface area (Å²) in [4.78, 5) is 29.3. The first kappa shape index (κ1) is 19.4. The zero-order valence-corrected chi connectivity index (χ0v) is 16.6. The van der Waals surface area contributed by atoms with E-state index in [0.29, 0.717) is 11.8 Å². The van der Waals surface area contributed by atoms with Crippen LogP contribution in [0.3, 0.4) is 0 Å². The molecule has 6 heteroatoms. The Bertz CT molecular complexity index is 829. The minimum atomic E-state index is -0.808. The second kappa shape index (κ2) is 8.11. The molecule has 0 bridgehead atoms. The highest BCUT2D eigenvalue weighted by Gasteiger charge is 2.30. The molecule has 146 valence electrons. The van der Waals surface area contributed by atoms with E-state index in [1.807, 2.05) is 35.8 Å². The molecule has 1 aliphatic carbocycles. The van der Waals surface area contributed by atoms with E-state index in [9.17, 15) is 9.59 Å². The number of para-hydroxylation sites is 2. The van der Waals surface area contributed by atoms with Crippen molar-refractivity contribution >= 4 is 22.9 Å². The number of rotatable bonds is 5. The summed E-state index contributed by atoms with van der Waals surface area (Å²) in [7, 11) is 0. The van der Waals surface area contributed by atoms with Crippen molar-refractivity contribution in [1.29, 1.82) is 0 Å². The van der Waals surface area contributed by atoms with Crippen LogP contribution in [-0.2, 0) is 20.9 Å². The summed E-state index contributed by atoms with van der Waals surface area (Å²) in [6.07, 6.45) is 2.50. The van der Waals surface area contributed by atoms with Crippen LogP contribution >= 0.6 is 0 Å². The number of benzene rings is 1. The maximum atomic E-state index is 12.5. The van der Waals surface area contributed by atoms with E-state index in [4.69, 9.17) is 4.74 Å². The van der Waals surface area contributed by atoms with E-state index in [0.717, 1.165) is 29.7 Å². The lowest BCUT2D eigenvalue weighted by Crippen LogP contribution is -2.47. The lowest BCUT2D eigenvalue weighted by atomic mass is 9.78. The lowest BCUT2D eigenvalue weighted by molar-refractivity contribution is -0.155. The molecule has 1 N–H and O–H groups in total. The Morgan fingerprint density at radius 3 is 2.81 bits per heavy atom. The van der Waals surface area contributed by atoms with Crippen LogP contribution in [0.4, 0.5) is 0 Å². The predicted molar refractivity (Wildman–Crippen MR) is 104 cm³/mol. The van der Waals surface area contributed by atoms with Gasteiger partial charge in [0.15, 0.2) is 6.10 Å². The molecule has 0 aliphatic heterocycles. The number of carbonyl (C=O) groups is 2. The monoisotopic (exact) mass is 371 g/mol. The van der Waals surface area contributed by atoms with Gasteiger partial charge in [-0.2, -0.15) is 0 Å². The molecule has 1 fully saturated rings. The van der Waals surface area contributed by atoms with Crippen LogP contribution in [0.5, 0.6) is 0 Å². The average Bonchev–Trinajstić information content (AvgIpc) is 2.94. The van der Waals surface area contributed by atoms with Gasteiger partial charge in [-0.05, 0) is 44.2 Å². The van der Waals surface area contributed by atoms with Gasteiger partial charge >= 0.3 is 5.97 Å². The van der Waals surface area contributed by atoms with Crippen molar-refractivity contribution in [3.05, 3.63) is 30.1 Å². The van der Waals surface area contributed by atoms with Crippen molar-refractivity contribution in [2.24, 2.45) is 11.8 Å². The van der Waals surface area contributed by atoms with E-state index in [2.05, 4.69) is 24.1 Å². The zero-order chi connectivity index (χ0) is 19.6. The largest absolute Gasteiger partial charge is 0.451 e. The highest BCUT2D eigenvalue weighted by molar-refractivity contribution is 5.84. The first-order chi connectivity index (χ1) is 12.9. The minimum absolute atomic E-state index is 0.0425.